The highest BCUT2D eigenvalue weighted by molar-refractivity contribution is 14.0. The molecule has 0 aromatic rings. The summed E-state index contributed by atoms with van der Waals surface area (Å²) in [5.41, 5.74) is 6.33. The van der Waals surface area contributed by atoms with Gasteiger partial charge in [0.05, 0.1) is 6.54 Å². The van der Waals surface area contributed by atoms with Crippen LogP contribution in [0.25, 0.3) is 0 Å². The predicted octanol–water partition coefficient (Wildman–Crippen LogP) is 1.91. The Balaban J connectivity index is 0.00000220. The van der Waals surface area contributed by atoms with Crippen molar-refractivity contribution in [2.45, 2.75) is 45.1 Å². The van der Waals surface area contributed by atoms with E-state index in [1.807, 2.05) is 0 Å². The molecule has 2 aliphatic heterocycles. The smallest absolute Gasteiger partial charge is 0.191 e. The van der Waals surface area contributed by atoms with Crippen LogP contribution in [-0.2, 0) is 4.74 Å². The molecule has 2 rings (SSSR count). The third-order valence-electron chi connectivity index (χ3n) is 4.82. The molecule has 0 aromatic heterocycles. The second-order valence-corrected chi connectivity index (χ2v) is 5.88. The lowest BCUT2D eigenvalue weighted by molar-refractivity contribution is -0.0139. The number of hydrogen-bond donors (Lipinski definition) is 1. The normalized spacial score (nSPS) is 22.9. The SMILES string of the molecule is CCN(CC)C(N)=NCC1(N2CCCC2)CCOCC1.I. The quantitative estimate of drug-likeness (QED) is 0.428. The van der Waals surface area contributed by atoms with Crippen LogP contribution in [0.3, 0.4) is 0 Å². The number of hydrogen-bond acceptors (Lipinski definition) is 3. The molecule has 2 saturated heterocycles. The molecule has 5 nitrogen and oxygen atoms in total. The molecule has 0 bridgehead atoms. The van der Waals surface area contributed by atoms with Crippen LogP contribution < -0.4 is 5.73 Å². The summed E-state index contributed by atoms with van der Waals surface area (Å²) in [6.45, 7) is 11.0. The van der Waals surface area contributed by atoms with Gasteiger partial charge in [-0.1, -0.05) is 0 Å². The van der Waals surface area contributed by atoms with Gasteiger partial charge in [-0.25, -0.2) is 0 Å². The zero-order valence-corrected chi connectivity index (χ0v) is 15.8. The molecule has 2 heterocycles. The molecular formula is C15H31IN4O. The van der Waals surface area contributed by atoms with Crippen molar-refractivity contribution >= 4 is 29.9 Å². The molecule has 0 amide bonds. The standard InChI is InChI=1S/C15H30N4O.HI/c1-3-18(4-2)14(16)17-13-15(7-11-20-12-8-15)19-9-5-6-10-19;/h3-13H2,1-2H3,(H2,16,17);1H. The van der Waals surface area contributed by atoms with Gasteiger partial charge in [-0.3, -0.25) is 9.89 Å². The first-order chi connectivity index (χ1) is 9.72. The van der Waals surface area contributed by atoms with E-state index in [-0.39, 0.29) is 29.5 Å². The van der Waals surface area contributed by atoms with Crippen molar-refractivity contribution < 1.29 is 4.74 Å². The Kier molecular flexibility index (Phi) is 8.26. The molecule has 124 valence electrons. The fourth-order valence-corrected chi connectivity index (χ4v) is 3.39. The van der Waals surface area contributed by atoms with E-state index >= 15 is 0 Å². The summed E-state index contributed by atoms with van der Waals surface area (Å²) in [5.74, 6) is 0.695. The van der Waals surface area contributed by atoms with Crippen molar-refractivity contribution in [3.63, 3.8) is 0 Å². The zero-order chi connectivity index (χ0) is 14.4. The Bertz CT molecular complexity index is 322. The van der Waals surface area contributed by atoms with Gasteiger partial charge >= 0.3 is 0 Å². The van der Waals surface area contributed by atoms with Crippen molar-refractivity contribution in [1.29, 1.82) is 0 Å². The molecule has 0 unspecified atom stereocenters. The molecular weight excluding hydrogens is 379 g/mol. The summed E-state index contributed by atoms with van der Waals surface area (Å²) >= 11 is 0. The molecule has 0 aromatic carbocycles. The fourth-order valence-electron chi connectivity index (χ4n) is 3.39. The second-order valence-electron chi connectivity index (χ2n) is 5.88. The van der Waals surface area contributed by atoms with Crippen LogP contribution in [-0.4, -0.2) is 67.2 Å². The van der Waals surface area contributed by atoms with Gasteiger partial charge in [0.2, 0.25) is 0 Å². The summed E-state index contributed by atoms with van der Waals surface area (Å²) in [6.07, 6.45) is 4.81. The van der Waals surface area contributed by atoms with E-state index in [2.05, 4.69) is 23.6 Å². The van der Waals surface area contributed by atoms with Crippen molar-refractivity contribution in [2.75, 3.05) is 45.9 Å². The van der Waals surface area contributed by atoms with Crippen LogP contribution in [0.4, 0.5) is 0 Å². The van der Waals surface area contributed by atoms with Gasteiger partial charge in [0, 0.05) is 31.8 Å². The van der Waals surface area contributed by atoms with Crippen LogP contribution in [0.15, 0.2) is 4.99 Å². The predicted molar refractivity (Wildman–Crippen MR) is 98.4 cm³/mol. The molecule has 0 atom stereocenters. The fraction of sp³-hybridized carbons (Fsp3) is 0.933. The maximum Gasteiger partial charge on any atom is 0.191 e. The van der Waals surface area contributed by atoms with Gasteiger partial charge in [-0.05, 0) is 52.6 Å². The van der Waals surface area contributed by atoms with E-state index in [9.17, 15) is 0 Å². The Morgan fingerprint density at radius 1 is 1.19 bits per heavy atom. The minimum absolute atomic E-state index is 0. The van der Waals surface area contributed by atoms with Crippen LogP contribution >= 0.6 is 24.0 Å². The maximum atomic E-state index is 6.14. The maximum absolute atomic E-state index is 6.14. The number of guanidine groups is 1. The van der Waals surface area contributed by atoms with Gasteiger partial charge < -0.3 is 15.4 Å². The van der Waals surface area contributed by atoms with Gasteiger partial charge in [0.1, 0.15) is 0 Å². The zero-order valence-electron chi connectivity index (χ0n) is 13.5. The topological polar surface area (TPSA) is 54.1 Å². The highest BCUT2D eigenvalue weighted by Crippen LogP contribution is 2.31. The lowest BCUT2D eigenvalue weighted by Gasteiger charge is -2.43. The van der Waals surface area contributed by atoms with Crippen molar-refractivity contribution in [3.05, 3.63) is 0 Å². The van der Waals surface area contributed by atoms with Crippen LogP contribution in [0.1, 0.15) is 39.5 Å². The molecule has 0 spiro atoms. The number of nitrogens with zero attached hydrogens (tertiary/aromatic N) is 3. The Morgan fingerprint density at radius 2 is 1.76 bits per heavy atom. The first-order valence-electron chi connectivity index (χ1n) is 8.09. The average Bonchev–Trinajstić information content (AvgIpc) is 3.02. The molecule has 2 aliphatic rings. The van der Waals surface area contributed by atoms with Crippen LogP contribution in [0.2, 0.25) is 0 Å². The summed E-state index contributed by atoms with van der Waals surface area (Å²) in [7, 11) is 0. The minimum atomic E-state index is 0. The van der Waals surface area contributed by atoms with Crippen molar-refractivity contribution in [2.24, 2.45) is 10.7 Å². The number of aliphatic imine (C=N–C) groups is 1. The van der Waals surface area contributed by atoms with Crippen molar-refractivity contribution in [1.82, 2.24) is 9.80 Å². The average molecular weight is 410 g/mol. The first-order valence-corrected chi connectivity index (χ1v) is 8.09. The molecule has 0 saturated carbocycles. The highest BCUT2D eigenvalue weighted by atomic mass is 127. The van der Waals surface area contributed by atoms with Gasteiger partial charge in [0.25, 0.3) is 0 Å². The van der Waals surface area contributed by atoms with E-state index in [0.717, 1.165) is 45.7 Å². The Morgan fingerprint density at radius 3 is 2.29 bits per heavy atom. The molecule has 21 heavy (non-hydrogen) atoms. The van der Waals surface area contributed by atoms with E-state index in [1.165, 1.54) is 25.9 Å². The largest absolute Gasteiger partial charge is 0.381 e. The number of ether oxygens (including phenoxy) is 1. The second kappa shape index (κ2) is 9.15. The summed E-state index contributed by atoms with van der Waals surface area (Å²) < 4.78 is 5.56. The third-order valence-corrected chi connectivity index (χ3v) is 4.82. The monoisotopic (exact) mass is 410 g/mol. The first kappa shape index (κ1) is 19.0. The molecule has 0 aliphatic carbocycles. The minimum Gasteiger partial charge on any atom is -0.381 e. The number of rotatable bonds is 5. The van der Waals surface area contributed by atoms with Gasteiger partial charge in [-0.2, -0.15) is 0 Å². The highest BCUT2D eigenvalue weighted by Gasteiger charge is 2.39. The van der Waals surface area contributed by atoms with Crippen molar-refractivity contribution in [3.8, 4) is 0 Å². The molecule has 2 N–H and O–H groups in total. The number of halogens is 1. The Hall–Kier alpha value is -0.0800. The van der Waals surface area contributed by atoms with Gasteiger partial charge in [-0.15, -0.1) is 24.0 Å². The summed E-state index contributed by atoms with van der Waals surface area (Å²) in [4.78, 5) is 9.49. The van der Waals surface area contributed by atoms with E-state index in [0.29, 0.717) is 5.96 Å². The molecule has 2 fully saturated rings. The number of nitrogens with two attached hydrogens (primary N) is 1. The van der Waals surface area contributed by atoms with E-state index in [4.69, 9.17) is 15.5 Å². The number of likely N-dealkylation sites (tertiary alicyclic amines) is 1. The lowest BCUT2D eigenvalue weighted by Crippen LogP contribution is -2.53. The summed E-state index contributed by atoms with van der Waals surface area (Å²) in [5, 5.41) is 0. The van der Waals surface area contributed by atoms with Gasteiger partial charge in [0.15, 0.2) is 5.96 Å². The van der Waals surface area contributed by atoms with E-state index < -0.39 is 0 Å². The van der Waals surface area contributed by atoms with E-state index in [1.54, 1.807) is 0 Å². The van der Waals surface area contributed by atoms with Crippen LogP contribution in [0, 0.1) is 0 Å². The van der Waals surface area contributed by atoms with Crippen LogP contribution in [0.5, 0.6) is 0 Å². The molecule has 6 heteroatoms. The Labute approximate surface area is 146 Å². The lowest BCUT2D eigenvalue weighted by atomic mass is 9.88. The third kappa shape index (κ3) is 4.69. The summed E-state index contributed by atoms with van der Waals surface area (Å²) in [6, 6.07) is 0. The molecule has 0 radical (unpaired) electrons.